The zero-order chi connectivity index (χ0) is 28.9. The topological polar surface area (TPSA) is 173 Å². The van der Waals surface area contributed by atoms with Crippen molar-refractivity contribution in [3.05, 3.63) is 119 Å². The molecule has 2 amide bonds. The fourth-order valence-electron chi connectivity index (χ4n) is 3.70. The Bertz CT molecular complexity index is 1700. The zero-order valence-electron chi connectivity index (χ0n) is 22.5. The normalized spacial score (nSPS) is 11.2. The van der Waals surface area contributed by atoms with E-state index in [9.17, 15) is 35.5 Å². The van der Waals surface area contributed by atoms with Crippen molar-refractivity contribution in [2.75, 3.05) is 10.6 Å². The molecular formula is C28H20N2Na2O8S2. The molecule has 0 radical (unpaired) electrons. The molecule has 0 saturated carbocycles. The van der Waals surface area contributed by atoms with Crippen molar-refractivity contribution < 1.29 is 94.6 Å². The summed E-state index contributed by atoms with van der Waals surface area (Å²) in [5.41, 5.74) is 0.496. The van der Waals surface area contributed by atoms with Gasteiger partial charge in [-0.3, -0.25) is 9.59 Å². The summed E-state index contributed by atoms with van der Waals surface area (Å²) < 4.78 is 71.9. The number of anilines is 2. The second kappa shape index (κ2) is 15.2. The van der Waals surface area contributed by atoms with Crippen LogP contribution < -0.4 is 69.7 Å². The van der Waals surface area contributed by atoms with Crippen LogP contribution in [0.25, 0.3) is 12.2 Å². The molecule has 0 spiro atoms. The maximum absolute atomic E-state index is 12.4. The monoisotopic (exact) mass is 622 g/mol. The van der Waals surface area contributed by atoms with Gasteiger partial charge in [-0.15, -0.1) is 0 Å². The van der Waals surface area contributed by atoms with Gasteiger partial charge in [0.2, 0.25) is 0 Å². The number of rotatable bonds is 8. The maximum Gasteiger partial charge on any atom is 1.00 e. The number of benzene rings is 4. The molecule has 204 valence electrons. The van der Waals surface area contributed by atoms with Gasteiger partial charge in [-0.2, -0.15) is 0 Å². The van der Waals surface area contributed by atoms with Crippen molar-refractivity contribution in [3.8, 4) is 0 Å². The van der Waals surface area contributed by atoms with Crippen molar-refractivity contribution in [3.63, 3.8) is 0 Å². The van der Waals surface area contributed by atoms with E-state index < -0.39 is 41.8 Å². The average molecular weight is 623 g/mol. The van der Waals surface area contributed by atoms with E-state index in [0.29, 0.717) is 11.1 Å². The minimum absolute atomic E-state index is 0. The van der Waals surface area contributed by atoms with Crippen molar-refractivity contribution in [1.82, 2.24) is 0 Å². The van der Waals surface area contributed by atoms with Gasteiger partial charge in [0.05, 0.1) is 9.79 Å². The minimum atomic E-state index is -5.03. The molecule has 4 rings (SSSR count). The third-order valence-corrected chi connectivity index (χ3v) is 7.38. The Morgan fingerprint density at radius 2 is 0.881 bits per heavy atom. The van der Waals surface area contributed by atoms with E-state index >= 15 is 0 Å². The van der Waals surface area contributed by atoms with Gasteiger partial charge in [0.15, 0.2) is 0 Å². The average Bonchev–Trinajstić information content (AvgIpc) is 2.92. The Morgan fingerprint density at radius 1 is 0.548 bits per heavy atom. The first-order valence-corrected chi connectivity index (χ1v) is 14.3. The smallest absolute Gasteiger partial charge is 0.744 e. The van der Waals surface area contributed by atoms with E-state index in [-0.39, 0.29) is 81.6 Å². The SMILES string of the molecule is O=C(Nc1ccc(C=Cc2ccc(NC(=O)c3ccccc3)cc2S(=O)(=O)[O-])c(S(=O)(=O)[O-])c1)c1ccccc1.[Na+].[Na+]. The quantitative estimate of drug-likeness (QED) is 0.131. The summed E-state index contributed by atoms with van der Waals surface area (Å²) in [7, 11) is -10.1. The van der Waals surface area contributed by atoms with Gasteiger partial charge < -0.3 is 19.7 Å². The third kappa shape index (κ3) is 9.44. The summed E-state index contributed by atoms with van der Waals surface area (Å²) in [4.78, 5) is 23.5. The molecular weight excluding hydrogens is 602 g/mol. The van der Waals surface area contributed by atoms with Crippen LogP contribution in [0.2, 0.25) is 0 Å². The van der Waals surface area contributed by atoms with E-state index in [1.54, 1.807) is 60.7 Å². The van der Waals surface area contributed by atoms with Crippen LogP contribution in [0, 0.1) is 0 Å². The summed E-state index contributed by atoms with van der Waals surface area (Å²) in [6.45, 7) is 0. The van der Waals surface area contributed by atoms with Gasteiger partial charge >= 0.3 is 59.1 Å². The van der Waals surface area contributed by atoms with Crippen LogP contribution in [0.5, 0.6) is 0 Å². The van der Waals surface area contributed by atoms with Crippen LogP contribution in [0.15, 0.2) is 107 Å². The van der Waals surface area contributed by atoms with Gasteiger partial charge in [-0.25, -0.2) is 16.8 Å². The first-order chi connectivity index (χ1) is 18.9. The first kappa shape index (κ1) is 35.6. The van der Waals surface area contributed by atoms with Crippen LogP contribution in [-0.4, -0.2) is 37.8 Å². The molecule has 0 aliphatic rings. The van der Waals surface area contributed by atoms with Crippen LogP contribution in [0.4, 0.5) is 11.4 Å². The minimum Gasteiger partial charge on any atom is -0.744 e. The Hall–Kier alpha value is -2.62. The molecule has 0 saturated heterocycles. The van der Waals surface area contributed by atoms with Crippen molar-refractivity contribution in [2.24, 2.45) is 0 Å². The Morgan fingerprint density at radius 3 is 1.19 bits per heavy atom. The molecule has 14 heteroatoms. The molecule has 0 fully saturated rings. The van der Waals surface area contributed by atoms with Crippen molar-refractivity contribution >= 4 is 55.6 Å². The second-order valence-electron chi connectivity index (χ2n) is 8.39. The largest absolute Gasteiger partial charge is 1.00 e. The second-order valence-corrected chi connectivity index (χ2v) is 11.1. The molecule has 4 aromatic rings. The van der Waals surface area contributed by atoms with Gasteiger partial charge in [-0.1, -0.05) is 60.7 Å². The molecule has 0 unspecified atom stereocenters. The van der Waals surface area contributed by atoms with Gasteiger partial charge in [0, 0.05) is 22.5 Å². The predicted octanol–water partition coefficient (Wildman–Crippen LogP) is -1.82. The van der Waals surface area contributed by atoms with E-state index in [1.165, 1.54) is 24.3 Å². The third-order valence-electron chi connectivity index (χ3n) is 5.60. The number of carbonyl (C=O) groups is 2. The summed E-state index contributed by atoms with van der Waals surface area (Å²) in [6, 6.07) is 23.4. The maximum atomic E-state index is 12.4. The number of nitrogens with one attached hydrogen (secondary N) is 2. The molecule has 0 atom stereocenters. The van der Waals surface area contributed by atoms with E-state index in [1.807, 2.05) is 0 Å². The molecule has 0 bridgehead atoms. The molecule has 42 heavy (non-hydrogen) atoms. The molecule has 0 aromatic heterocycles. The Kier molecular flexibility index (Phi) is 12.9. The number of hydrogen-bond acceptors (Lipinski definition) is 8. The van der Waals surface area contributed by atoms with Gasteiger partial charge in [-0.05, 0) is 59.7 Å². The Labute approximate surface area is 287 Å². The van der Waals surface area contributed by atoms with Gasteiger partial charge in [0.1, 0.15) is 20.2 Å². The van der Waals surface area contributed by atoms with Crippen LogP contribution in [0.1, 0.15) is 31.8 Å². The van der Waals surface area contributed by atoms with E-state index in [2.05, 4.69) is 10.6 Å². The molecule has 10 nitrogen and oxygen atoms in total. The number of carbonyl (C=O) groups excluding carboxylic acids is 2. The summed E-state index contributed by atoms with van der Waals surface area (Å²) in [5.74, 6) is -1.05. The standard InChI is InChI=1S/C28H22N2O8S2.2Na/c31-27(21-7-3-1-4-8-21)29-23-15-13-19(25(17-23)39(33,34)35)11-12-20-14-16-24(18-26(20)40(36,37)38)30-28(32)22-9-5-2-6-10-22;;/h1-18H,(H,29,31)(H,30,32)(H,33,34,35)(H,36,37,38);;/q;2*+1/p-2. The fraction of sp³-hybridized carbons (Fsp3) is 0. The Balaban J connectivity index is 0.00000308. The van der Waals surface area contributed by atoms with Crippen molar-refractivity contribution in [1.29, 1.82) is 0 Å². The van der Waals surface area contributed by atoms with E-state index in [4.69, 9.17) is 0 Å². The van der Waals surface area contributed by atoms with Gasteiger partial charge in [0.25, 0.3) is 11.8 Å². The van der Waals surface area contributed by atoms with Crippen LogP contribution in [0.3, 0.4) is 0 Å². The first-order valence-electron chi connectivity index (χ1n) is 11.5. The molecule has 2 N–H and O–H groups in total. The van der Waals surface area contributed by atoms with Crippen molar-refractivity contribution in [2.45, 2.75) is 9.79 Å². The summed E-state index contributed by atoms with van der Waals surface area (Å²) in [6.07, 6.45) is 2.31. The van der Waals surface area contributed by atoms with Crippen LogP contribution in [-0.2, 0) is 20.2 Å². The molecule has 0 aliphatic carbocycles. The summed E-state index contributed by atoms with van der Waals surface area (Å²) >= 11 is 0. The molecule has 4 aromatic carbocycles. The van der Waals surface area contributed by atoms with E-state index in [0.717, 1.165) is 24.3 Å². The summed E-state index contributed by atoms with van der Waals surface area (Å²) in [5, 5.41) is 5.03. The molecule has 0 aliphatic heterocycles. The molecule has 0 heterocycles. The number of hydrogen-bond donors (Lipinski definition) is 2. The van der Waals surface area contributed by atoms with Crippen LogP contribution >= 0.6 is 0 Å². The predicted molar refractivity (Wildman–Crippen MR) is 147 cm³/mol. The zero-order valence-corrected chi connectivity index (χ0v) is 28.1. The fourth-order valence-corrected chi connectivity index (χ4v) is 5.09. The number of amides is 2.